The maximum absolute atomic E-state index is 11.8. The van der Waals surface area contributed by atoms with Crippen molar-refractivity contribution in [3.05, 3.63) is 29.8 Å². The van der Waals surface area contributed by atoms with Crippen LogP contribution in [0.4, 0.5) is 5.69 Å². The van der Waals surface area contributed by atoms with Crippen molar-refractivity contribution in [3.63, 3.8) is 0 Å². The van der Waals surface area contributed by atoms with Crippen LogP contribution < -0.4 is 14.8 Å². The van der Waals surface area contributed by atoms with Crippen molar-refractivity contribution in [2.24, 2.45) is 0 Å². The standard InChI is InChI=1S/C16H19NO3/c1-2-3-4-5-6-11-7-16(18)17-13-9-15-14(8-12(11)13)19-10-20-15/h3-4,8-9,11H,2,5-7,10H2,1H3,(H,17,18)/b4-3-. The highest BCUT2D eigenvalue weighted by molar-refractivity contribution is 5.95. The van der Waals surface area contributed by atoms with E-state index in [9.17, 15) is 4.79 Å². The normalized spacial score (nSPS) is 20.1. The van der Waals surface area contributed by atoms with Crippen molar-refractivity contribution >= 4 is 11.6 Å². The Balaban J connectivity index is 1.83. The van der Waals surface area contributed by atoms with E-state index in [-0.39, 0.29) is 18.6 Å². The lowest BCUT2D eigenvalue weighted by Gasteiger charge is -2.25. The third-order valence-corrected chi connectivity index (χ3v) is 3.77. The van der Waals surface area contributed by atoms with E-state index in [1.807, 2.05) is 12.1 Å². The van der Waals surface area contributed by atoms with Gasteiger partial charge in [-0.3, -0.25) is 4.79 Å². The third kappa shape index (κ3) is 2.50. The predicted octanol–water partition coefficient (Wildman–Crippen LogP) is 3.59. The van der Waals surface area contributed by atoms with Gasteiger partial charge in [-0.1, -0.05) is 19.1 Å². The van der Waals surface area contributed by atoms with Crippen molar-refractivity contribution in [2.45, 2.75) is 38.5 Å². The minimum Gasteiger partial charge on any atom is -0.454 e. The second-order valence-corrected chi connectivity index (χ2v) is 5.20. The first-order chi connectivity index (χ1) is 9.78. The molecule has 3 rings (SSSR count). The molecule has 0 bridgehead atoms. The van der Waals surface area contributed by atoms with Crippen LogP contribution in [0.3, 0.4) is 0 Å². The molecule has 1 atom stereocenters. The SMILES string of the molecule is CC/C=C\CCC1CC(=O)Nc2cc3c(cc21)OCO3. The fraction of sp³-hybridized carbons (Fsp3) is 0.438. The summed E-state index contributed by atoms with van der Waals surface area (Å²) >= 11 is 0. The molecule has 0 radical (unpaired) electrons. The topological polar surface area (TPSA) is 47.6 Å². The van der Waals surface area contributed by atoms with Gasteiger partial charge >= 0.3 is 0 Å². The summed E-state index contributed by atoms with van der Waals surface area (Å²) in [6.07, 6.45) is 7.95. The van der Waals surface area contributed by atoms with Gasteiger partial charge in [0, 0.05) is 18.2 Å². The minimum absolute atomic E-state index is 0.0841. The molecular weight excluding hydrogens is 254 g/mol. The molecule has 0 fully saturated rings. The molecule has 0 aliphatic carbocycles. The van der Waals surface area contributed by atoms with Crippen molar-refractivity contribution in [2.75, 3.05) is 12.1 Å². The minimum atomic E-state index is 0.0841. The van der Waals surface area contributed by atoms with E-state index in [1.165, 1.54) is 5.56 Å². The number of hydrogen-bond donors (Lipinski definition) is 1. The van der Waals surface area contributed by atoms with Crippen LogP contribution >= 0.6 is 0 Å². The fourth-order valence-electron chi connectivity index (χ4n) is 2.78. The zero-order valence-corrected chi connectivity index (χ0v) is 11.6. The van der Waals surface area contributed by atoms with Crippen molar-refractivity contribution in [1.82, 2.24) is 0 Å². The summed E-state index contributed by atoms with van der Waals surface area (Å²) in [6, 6.07) is 3.90. The Morgan fingerprint density at radius 3 is 2.90 bits per heavy atom. The van der Waals surface area contributed by atoms with Gasteiger partial charge in [-0.25, -0.2) is 0 Å². The van der Waals surface area contributed by atoms with E-state index >= 15 is 0 Å². The molecule has 1 unspecified atom stereocenters. The van der Waals surface area contributed by atoms with Crippen LogP contribution in [0.15, 0.2) is 24.3 Å². The maximum atomic E-state index is 11.8. The molecular formula is C16H19NO3. The number of rotatable bonds is 4. The quantitative estimate of drug-likeness (QED) is 0.853. The lowest BCUT2D eigenvalue weighted by atomic mass is 9.86. The molecule has 4 heteroatoms. The lowest BCUT2D eigenvalue weighted by Crippen LogP contribution is -2.22. The Labute approximate surface area is 118 Å². The highest BCUT2D eigenvalue weighted by Crippen LogP contribution is 2.43. The van der Waals surface area contributed by atoms with E-state index < -0.39 is 0 Å². The van der Waals surface area contributed by atoms with Crippen molar-refractivity contribution in [1.29, 1.82) is 0 Å². The lowest BCUT2D eigenvalue weighted by molar-refractivity contribution is -0.116. The average molecular weight is 273 g/mol. The van der Waals surface area contributed by atoms with Gasteiger partial charge in [-0.2, -0.15) is 0 Å². The van der Waals surface area contributed by atoms with Gasteiger partial charge in [-0.05, 0) is 36.8 Å². The molecule has 2 aliphatic rings. The number of fused-ring (bicyclic) bond motifs is 2. The molecule has 1 aromatic carbocycles. The summed E-state index contributed by atoms with van der Waals surface area (Å²) in [7, 11) is 0. The van der Waals surface area contributed by atoms with Gasteiger partial charge < -0.3 is 14.8 Å². The number of amides is 1. The Morgan fingerprint density at radius 2 is 2.10 bits per heavy atom. The number of benzene rings is 1. The second-order valence-electron chi connectivity index (χ2n) is 5.20. The van der Waals surface area contributed by atoms with Gasteiger partial charge in [0.1, 0.15) is 0 Å². The van der Waals surface area contributed by atoms with E-state index in [2.05, 4.69) is 24.4 Å². The molecule has 2 heterocycles. The van der Waals surface area contributed by atoms with E-state index in [0.29, 0.717) is 6.42 Å². The number of anilines is 1. The Bertz CT molecular complexity index is 551. The van der Waals surface area contributed by atoms with Crippen LogP contribution in [0.1, 0.15) is 44.1 Å². The largest absolute Gasteiger partial charge is 0.454 e. The molecule has 2 aliphatic heterocycles. The summed E-state index contributed by atoms with van der Waals surface area (Å²) in [5, 5.41) is 2.93. The number of carbonyl (C=O) groups excluding carboxylic acids is 1. The van der Waals surface area contributed by atoms with Gasteiger partial charge in [0.05, 0.1) is 0 Å². The zero-order valence-electron chi connectivity index (χ0n) is 11.6. The Hall–Kier alpha value is -1.97. The number of ether oxygens (including phenoxy) is 2. The number of allylic oxidation sites excluding steroid dienone is 2. The number of nitrogens with one attached hydrogen (secondary N) is 1. The molecule has 1 N–H and O–H groups in total. The first-order valence-electron chi connectivity index (χ1n) is 7.16. The molecule has 1 amide bonds. The van der Waals surface area contributed by atoms with Gasteiger partial charge in [0.15, 0.2) is 11.5 Å². The van der Waals surface area contributed by atoms with Gasteiger partial charge in [0.25, 0.3) is 0 Å². The fourth-order valence-corrected chi connectivity index (χ4v) is 2.78. The molecule has 1 aromatic rings. The third-order valence-electron chi connectivity index (χ3n) is 3.77. The highest BCUT2D eigenvalue weighted by atomic mass is 16.7. The molecule has 0 aromatic heterocycles. The molecule has 20 heavy (non-hydrogen) atoms. The van der Waals surface area contributed by atoms with Crippen molar-refractivity contribution in [3.8, 4) is 11.5 Å². The molecule has 106 valence electrons. The summed E-state index contributed by atoms with van der Waals surface area (Å²) in [5.41, 5.74) is 2.04. The maximum Gasteiger partial charge on any atom is 0.231 e. The Morgan fingerprint density at radius 1 is 1.30 bits per heavy atom. The molecule has 0 saturated heterocycles. The van der Waals surface area contributed by atoms with Gasteiger partial charge in [0.2, 0.25) is 12.7 Å². The first-order valence-corrected chi connectivity index (χ1v) is 7.16. The first kappa shape index (κ1) is 13.0. The van der Waals surface area contributed by atoms with Crippen LogP contribution in [-0.4, -0.2) is 12.7 Å². The molecule has 0 saturated carbocycles. The van der Waals surface area contributed by atoms with Crippen molar-refractivity contribution < 1.29 is 14.3 Å². The van der Waals surface area contributed by atoms with E-state index in [0.717, 1.165) is 36.4 Å². The van der Waals surface area contributed by atoms with Gasteiger partial charge in [-0.15, -0.1) is 0 Å². The number of carbonyl (C=O) groups is 1. The van der Waals surface area contributed by atoms with Crippen LogP contribution in [0.25, 0.3) is 0 Å². The summed E-state index contributed by atoms with van der Waals surface area (Å²) < 4.78 is 10.8. The van der Waals surface area contributed by atoms with E-state index in [1.54, 1.807) is 0 Å². The molecule has 0 spiro atoms. The smallest absolute Gasteiger partial charge is 0.231 e. The Kier molecular flexibility index (Phi) is 3.63. The van der Waals surface area contributed by atoms with E-state index in [4.69, 9.17) is 9.47 Å². The summed E-state index contributed by atoms with van der Waals surface area (Å²) in [5.74, 6) is 1.85. The van der Waals surface area contributed by atoms with Crippen LogP contribution in [0, 0.1) is 0 Å². The average Bonchev–Trinajstić information content (AvgIpc) is 2.88. The zero-order chi connectivity index (χ0) is 13.9. The molecule has 4 nitrogen and oxygen atoms in total. The monoisotopic (exact) mass is 273 g/mol. The highest BCUT2D eigenvalue weighted by Gasteiger charge is 2.28. The second kappa shape index (κ2) is 5.57. The van der Waals surface area contributed by atoms with Crippen LogP contribution in [0.2, 0.25) is 0 Å². The predicted molar refractivity (Wildman–Crippen MR) is 77.2 cm³/mol. The summed E-state index contributed by atoms with van der Waals surface area (Å²) in [6.45, 7) is 2.39. The number of hydrogen-bond acceptors (Lipinski definition) is 3. The summed E-state index contributed by atoms with van der Waals surface area (Å²) in [4.78, 5) is 11.8. The van der Waals surface area contributed by atoms with Crippen LogP contribution in [0.5, 0.6) is 11.5 Å². The van der Waals surface area contributed by atoms with Crippen LogP contribution in [-0.2, 0) is 4.79 Å².